The lowest BCUT2D eigenvalue weighted by molar-refractivity contribution is -0.143. The van der Waals surface area contributed by atoms with Crippen molar-refractivity contribution in [3.63, 3.8) is 0 Å². The Labute approximate surface area is 122 Å². The Morgan fingerprint density at radius 1 is 1.05 bits per heavy atom. The lowest BCUT2D eigenvalue weighted by atomic mass is 10.0. The maximum Gasteiger partial charge on any atom is 0.416 e. The van der Waals surface area contributed by atoms with Gasteiger partial charge < -0.3 is 10.0 Å². The number of aliphatic carboxylic acids is 1. The summed E-state index contributed by atoms with van der Waals surface area (Å²) in [4.78, 5) is 11.7. The number of hydrogen-bond acceptors (Lipinski definition) is 2. The fraction of sp³-hybridized carbons (Fsp3) is 0.462. The second-order valence-electron chi connectivity index (χ2n) is 4.80. The van der Waals surface area contributed by atoms with Crippen LogP contribution in [0.2, 0.25) is 0 Å². The van der Waals surface area contributed by atoms with Gasteiger partial charge in [-0.3, -0.25) is 4.79 Å². The van der Waals surface area contributed by atoms with Crippen LogP contribution in [0, 0.1) is 0 Å². The molecule has 0 atom stereocenters. The molecule has 1 aromatic rings. The summed E-state index contributed by atoms with van der Waals surface area (Å²) in [7, 11) is 1.41. The molecule has 124 valence electrons. The first-order valence-electron chi connectivity index (χ1n) is 6.08. The Balaban J connectivity index is 3.06. The van der Waals surface area contributed by atoms with E-state index in [1.807, 2.05) is 0 Å². The first-order valence-corrected chi connectivity index (χ1v) is 6.08. The summed E-state index contributed by atoms with van der Waals surface area (Å²) >= 11 is 0. The van der Waals surface area contributed by atoms with E-state index in [0.29, 0.717) is 12.1 Å². The minimum absolute atomic E-state index is 0.00687. The van der Waals surface area contributed by atoms with Gasteiger partial charge in [0.25, 0.3) is 0 Å². The zero-order valence-corrected chi connectivity index (χ0v) is 11.4. The Kier molecular flexibility index (Phi) is 5.44. The summed E-state index contributed by atoms with van der Waals surface area (Å²) in [6.07, 6.45) is -10.0. The molecule has 0 fully saturated rings. The SMILES string of the molecule is CN(CCC(=O)O)Cc1cc(C(F)(F)F)cc(C(F)(F)F)c1. The highest BCUT2D eigenvalue weighted by Crippen LogP contribution is 2.36. The molecule has 0 unspecified atom stereocenters. The Bertz CT molecular complexity index is 506. The van der Waals surface area contributed by atoms with Crippen LogP contribution in [0.4, 0.5) is 26.3 Å². The molecule has 0 aliphatic carbocycles. The van der Waals surface area contributed by atoms with Crippen molar-refractivity contribution in [2.45, 2.75) is 25.3 Å². The molecular formula is C13H13F6NO2. The molecule has 0 spiro atoms. The van der Waals surface area contributed by atoms with E-state index in [2.05, 4.69) is 0 Å². The zero-order chi connectivity index (χ0) is 17.1. The van der Waals surface area contributed by atoms with E-state index in [1.165, 1.54) is 11.9 Å². The van der Waals surface area contributed by atoms with Gasteiger partial charge in [-0.1, -0.05) is 0 Å². The van der Waals surface area contributed by atoms with Crippen molar-refractivity contribution in [2.75, 3.05) is 13.6 Å². The van der Waals surface area contributed by atoms with Gasteiger partial charge in [-0.15, -0.1) is 0 Å². The van der Waals surface area contributed by atoms with E-state index in [1.54, 1.807) is 0 Å². The number of benzene rings is 1. The first kappa shape index (κ1) is 18.3. The molecule has 1 rings (SSSR count). The van der Waals surface area contributed by atoms with Crippen LogP contribution in [0.25, 0.3) is 0 Å². The van der Waals surface area contributed by atoms with Gasteiger partial charge in [-0.25, -0.2) is 0 Å². The number of halogens is 6. The average Bonchev–Trinajstić information content (AvgIpc) is 2.34. The van der Waals surface area contributed by atoms with Crippen LogP contribution in [0.1, 0.15) is 23.1 Å². The van der Waals surface area contributed by atoms with E-state index >= 15 is 0 Å². The van der Waals surface area contributed by atoms with Crippen molar-refractivity contribution in [1.82, 2.24) is 4.90 Å². The third-order valence-corrected chi connectivity index (χ3v) is 2.81. The van der Waals surface area contributed by atoms with Gasteiger partial charge in [-0.2, -0.15) is 26.3 Å². The molecule has 3 nitrogen and oxygen atoms in total. The van der Waals surface area contributed by atoms with Gasteiger partial charge in [0.15, 0.2) is 0 Å². The molecule has 0 saturated heterocycles. The number of carbonyl (C=O) groups is 1. The molecular weight excluding hydrogens is 316 g/mol. The molecule has 22 heavy (non-hydrogen) atoms. The second-order valence-corrected chi connectivity index (χ2v) is 4.80. The average molecular weight is 329 g/mol. The predicted octanol–water partition coefficient (Wildman–Crippen LogP) is 3.63. The Morgan fingerprint density at radius 3 is 1.86 bits per heavy atom. The maximum atomic E-state index is 12.7. The third-order valence-electron chi connectivity index (χ3n) is 2.81. The van der Waals surface area contributed by atoms with Crippen molar-refractivity contribution in [3.05, 3.63) is 34.9 Å². The van der Waals surface area contributed by atoms with Crippen molar-refractivity contribution in [3.8, 4) is 0 Å². The monoisotopic (exact) mass is 329 g/mol. The van der Waals surface area contributed by atoms with Crippen molar-refractivity contribution < 1.29 is 36.2 Å². The quantitative estimate of drug-likeness (QED) is 0.839. The fourth-order valence-electron chi connectivity index (χ4n) is 1.79. The smallest absolute Gasteiger partial charge is 0.416 e. The number of hydrogen-bond donors (Lipinski definition) is 1. The van der Waals surface area contributed by atoms with Crippen LogP contribution < -0.4 is 0 Å². The zero-order valence-electron chi connectivity index (χ0n) is 11.4. The minimum atomic E-state index is -4.89. The topological polar surface area (TPSA) is 40.5 Å². The highest BCUT2D eigenvalue weighted by Gasteiger charge is 2.36. The summed E-state index contributed by atoms with van der Waals surface area (Å²) in [5.74, 6) is -1.10. The normalized spacial score (nSPS) is 12.7. The largest absolute Gasteiger partial charge is 0.481 e. The van der Waals surface area contributed by atoms with Crippen LogP contribution >= 0.6 is 0 Å². The van der Waals surface area contributed by atoms with Gasteiger partial charge in [0.2, 0.25) is 0 Å². The minimum Gasteiger partial charge on any atom is -0.481 e. The van der Waals surface area contributed by atoms with Crippen molar-refractivity contribution in [1.29, 1.82) is 0 Å². The van der Waals surface area contributed by atoms with Crippen LogP contribution in [-0.2, 0) is 23.7 Å². The second kappa shape index (κ2) is 6.55. The van der Waals surface area contributed by atoms with Crippen LogP contribution in [0.3, 0.4) is 0 Å². The van der Waals surface area contributed by atoms with Gasteiger partial charge in [-0.05, 0) is 30.8 Å². The van der Waals surface area contributed by atoms with E-state index in [4.69, 9.17) is 5.11 Å². The van der Waals surface area contributed by atoms with Crippen LogP contribution in [-0.4, -0.2) is 29.6 Å². The summed E-state index contributed by atoms with van der Waals surface area (Å²) in [6.45, 7) is -0.215. The van der Waals surface area contributed by atoms with Gasteiger partial charge >= 0.3 is 18.3 Å². The van der Waals surface area contributed by atoms with E-state index in [-0.39, 0.29) is 31.1 Å². The highest BCUT2D eigenvalue weighted by atomic mass is 19.4. The standard InChI is InChI=1S/C13H13F6NO2/c1-20(3-2-11(21)22)7-8-4-9(12(14,15)16)6-10(5-8)13(17,18)19/h4-6H,2-3,7H2,1H3,(H,21,22). The van der Waals surface area contributed by atoms with Crippen molar-refractivity contribution >= 4 is 5.97 Å². The number of carboxylic acid groups (broad SMARTS) is 1. The highest BCUT2D eigenvalue weighted by molar-refractivity contribution is 5.66. The van der Waals surface area contributed by atoms with Crippen LogP contribution in [0.15, 0.2) is 18.2 Å². The third kappa shape index (κ3) is 5.55. The molecule has 0 aliphatic heterocycles. The summed E-state index contributed by atoms with van der Waals surface area (Å²) in [5, 5.41) is 8.51. The van der Waals surface area contributed by atoms with Crippen molar-refractivity contribution in [2.24, 2.45) is 0 Å². The molecule has 0 radical (unpaired) electrons. The van der Waals surface area contributed by atoms with E-state index < -0.39 is 29.4 Å². The van der Waals surface area contributed by atoms with E-state index in [9.17, 15) is 31.1 Å². The summed E-state index contributed by atoms with van der Waals surface area (Å²) in [5.41, 5.74) is -2.96. The van der Waals surface area contributed by atoms with Crippen LogP contribution in [0.5, 0.6) is 0 Å². The fourth-order valence-corrected chi connectivity index (χ4v) is 1.79. The molecule has 0 aromatic heterocycles. The van der Waals surface area contributed by atoms with Gasteiger partial charge in [0, 0.05) is 13.1 Å². The number of rotatable bonds is 5. The summed E-state index contributed by atoms with van der Waals surface area (Å²) in [6, 6.07) is 1.32. The lowest BCUT2D eigenvalue weighted by Crippen LogP contribution is -2.22. The summed E-state index contributed by atoms with van der Waals surface area (Å²) < 4.78 is 76.0. The Hall–Kier alpha value is -1.77. The first-order chi connectivity index (χ1) is 9.89. The molecule has 0 saturated carbocycles. The van der Waals surface area contributed by atoms with Gasteiger partial charge in [0.05, 0.1) is 17.5 Å². The maximum absolute atomic E-state index is 12.7. The molecule has 0 aliphatic rings. The van der Waals surface area contributed by atoms with E-state index in [0.717, 1.165) is 0 Å². The number of nitrogens with zero attached hydrogens (tertiary/aromatic N) is 1. The molecule has 9 heteroatoms. The molecule has 1 N–H and O–H groups in total. The predicted molar refractivity (Wildman–Crippen MR) is 65.0 cm³/mol. The lowest BCUT2D eigenvalue weighted by Gasteiger charge is -2.18. The molecule has 0 amide bonds. The molecule has 1 aromatic carbocycles. The number of carboxylic acids is 1. The molecule has 0 heterocycles. The molecule has 0 bridgehead atoms. The number of alkyl halides is 6. The Morgan fingerprint density at radius 2 is 1.50 bits per heavy atom. The van der Waals surface area contributed by atoms with Gasteiger partial charge in [0.1, 0.15) is 0 Å².